The summed E-state index contributed by atoms with van der Waals surface area (Å²) in [5.41, 5.74) is 0. The Balaban J connectivity index is 1.93. The molecule has 0 aliphatic carbocycles. The van der Waals surface area contributed by atoms with E-state index in [1.165, 1.54) is 0 Å². The topological polar surface area (TPSA) is 43.9 Å². The van der Waals surface area contributed by atoms with Gasteiger partial charge in [0.1, 0.15) is 0 Å². The van der Waals surface area contributed by atoms with Crippen molar-refractivity contribution in [1.82, 2.24) is 14.7 Å². The third-order valence-corrected chi connectivity index (χ3v) is 3.48. The van der Waals surface area contributed by atoms with Gasteiger partial charge in [-0.25, -0.2) is 0 Å². The van der Waals surface area contributed by atoms with Crippen LogP contribution >= 0.6 is 0 Å². The molecule has 2 heterocycles. The zero-order valence-corrected chi connectivity index (χ0v) is 9.98. The predicted octanol–water partition coefficient (Wildman–Crippen LogP) is -0.966. The molecule has 0 aromatic rings. The lowest BCUT2D eigenvalue weighted by Crippen LogP contribution is -2.54. The lowest BCUT2D eigenvalue weighted by molar-refractivity contribution is -0.128. The summed E-state index contributed by atoms with van der Waals surface area (Å²) in [5, 5.41) is 0. The number of nitrogens with zero attached hydrogens (tertiary/aromatic N) is 3. The molecule has 2 rings (SSSR count). The van der Waals surface area contributed by atoms with E-state index in [0.717, 1.165) is 19.6 Å². The molecule has 5 nitrogen and oxygen atoms in total. The van der Waals surface area contributed by atoms with Gasteiger partial charge in [-0.2, -0.15) is 0 Å². The third-order valence-electron chi connectivity index (χ3n) is 3.48. The number of likely N-dealkylation sites (N-methyl/N-ethyl adjacent to an activating group) is 2. The van der Waals surface area contributed by atoms with Gasteiger partial charge in [0.15, 0.2) is 5.78 Å². The summed E-state index contributed by atoms with van der Waals surface area (Å²) in [7, 11) is 4.18. The highest BCUT2D eigenvalue weighted by Crippen LogP contribution is 2.12. The molecular formula is C11H19N3O2. The monoisotopic (exact) mass is 225 g/mol. The number of ketones is 1. The summed E-state index contributed by atoms with van der Waals surface area (Å²) in [6.45, 7) is 4.06. The normalized spacial score (nSPS) is 29.1. The molecule has 16 heavy (non-hydrogen) atoms. The molecule has 2 saturated heterocycles. The van der Waals surface area contributed by atoms with Gasteiger partial charge in [0, 0.05) is 32.2 Å². The van der Waals surface area contributed by atoms with Gasteiger partial charge in [0.2, 0.25) is 5.91 Å². The molecule has 2 aliphatic rings. The number of carbonyl (C=O) groups is 2. The maximum atomic E-state index is 11.5. The summed E-state index contributed by atoms with van der Waals surface area (Å²) >= 11 is 0. The summed E-state index contributed by atoms with van der Waals surface area (Å²) in [6.07, 6.45) is 0.103. The van der Waals surface area contributed by atoms with Gasteiger partial charge in [-0.05, 0) is 14.1 Å². The van der Waals surface area contributed by atoms with Gasteiger partial charge < -0.3 is 9.80 Å². The lowest BCUT2D eigenvalue weighted by atomic mass is 10.2. The number of hydrogen-bond donors (Lipinski definition) is 0. The Bertz CT molecular complexity index is 306. The molecule has 0 aromatic carbocycles. The number of hydrogen-bond acceptors (Lipinski definition) is 4. The van der Waals surface area contributed by atoms with Gasteiger partial charge in [-0.1, -0.05) is 0 Å². The minimum absolute atomic E-state index is 0.00775. The second-order valence-electron chi connectivity index (χ2n) is 4.89. The Morgan fingerprint density at radius 2 is 2.00 bits per heavy atom. The van der Waals surface area contributed by atoms with E-state index in [0.29, 0.717) is 19.1 Å². The molecule has 0 saturated carbocycles. The fraction of sp³-hybridized carbons (Fsp3) is 0.818. The van der Waals surface area contributed by atoms with Crippen LogP contribution in [0.1, 0.15) is 6.42 Å². The highest BCUT2D eigenvalue weighted by molar-refractivity contribution is 6.05. The minimum Gasteiger partial charge on any atom is -0.333 e. The second-order valence-corrected chi connectivity index (χ2v) is 4.89. The molecule has 1 atom stereocenters. The fourth-order valence-corrected chi connectivity index (χ4v) is 2.36. The van der Waals surface area contributed by atoms with Crippen LogP contribution in [0.3, 0.4) is 0 Å². The van der Waals surface area contributed by atoms with E-state index >= 15 is 0 Å². The van der Waals surface area contributed by atoms with E-state index < -0.39 is 0 Å². The van der Waals surface area contributed by atoms with Gasteiger partial charge in [-0.15, -0.1) is 0 Å². The summed E-state index contributed by atoms with van der Waals surface area (Å²) in [4.78, 5) is 28.9. The fourth-order valence-electron chi connectivity index (χ4n) is 2.36. The Morgan fingerprint density at radius 1 is 1.25 bits per heavy atom. The van der Waals surface area contributed by atoms with E-state index in [4.69, 9.17) is 0 Å². The van der Waals surface area contributed by atoms with Gasteiger partial charge >= 0.3 is 0 Å². The first kappa shape index (κ1) is 11.5. The van der Waals surface area contributed by atoms with Crippen LogP contribution in [-0.2, 0) is 9.59 Å². The van der Waals surface area contributed by atoms with Crippen molar-refractivity contribution in [2.45, 2.75) is 12.5 Å². The molecule has 0 aromatic heterocycles. The van der Waals surface area contributed by atoms with Crippen molar-refractivity contribution in [3.63, 3.8) is 0 Å². The van der Waals surface area contributed by atoms with Crippen LogP contribution < -0.4 is 0 Å². The van der Waals surface area contributed by atoms with Crippen LogP contribution in [0.2, 0.25) is 0 Å². The largest absolute Gasteiger partial charge is 0.333 e. The van der Waals surface area contributed by atoms with Crippen molar-refractivity contribution in [1.29, 1.82) is 0 Å². The Hall–Kier alpha value is -0.940. The van der Waals surface area contributed by atoms with Crippen LogP contribution in [0.25, 0.3) is 0 Å². The number of likely N-dealkylation sites (tertiary alicyclic amines) is 1. The van der Waals surface area contributed by atoms with E-state index in [1.54, 1.807) is 4.90 Å². The first-order valence-corrected chi connectivity index (χ1v) is 5.74. The average molecular weight is 225 g/mol. The smallest absolute Gasteiger partial charge is 0.230 e. The molecule has 0 spiro atoms. The van der Waals surface area contributed by atoms with Gasteiger partial charge in [0.05, 0.1) is 13.0 Å². The van der Waals surface area contributed by atoms with Crippen LogP contribution in [0.4, 0.5) is 0 Å². The van der Waals surface area contributed by atoms with Crippen LogP contribution in [0.5, 0.6) is 0 Å². The SMILES string of the molecule is CN1CCN(C)C(CN2CC(=O)CC2=O)C1. The molecule has 1 unspecified atom stereocenters. The van der Waals surface area contributed by atoms with Crippen molar-refractivity contribution < 1.29 is 9.59 Å². The number of amides is 1. The minimum atomic E-state index is -0.00775. The maximum absolute atomic E-state index is 11.5. The van der Waals surface area contributed by atoms with E-state index in [1.807, 2.05) is 0 Å². The third kappa shape index (κ3) is 2.41. The van der Waals surface area contributed by atoms with Crippen LogP contribution in [0.15, 0.2) is 0 Å². The average Bonchev–Trinajstić information content (AvgIpc) is 2.51. The molecular weight excluding hydrogens is 206 g/mol. The van der Waals surface area contributed by atoms with Crippen LogP contribution in [-0.4, -0.2) is 79.3 Å². The molecule has 0 radical (unpaired) electrons. The van der Waals surface area contributed by atoms with Crippen molar-refractivity contribution in [2.24, 2.45) is 0 Å². The summed E-state index contributed by atoms with van der Waals surface area (Å²) in [5.74, 6) is 0.0449. The zero-order valence-electron chi connectivity index (χ0n) is 9.98. The molecule has 90 valence electrons. The van der Waals surface area contributed by atoms with E-state index in [-0.39, 0.29) is 18.1 Å². The van der Waals surface area contributed by atoms with Gasteiger partial charge in [0.25, 0.3) is 0 Å². The van der Waals surface area contributed by atoms with E-state index in [9.17, 15) is 9.59 Å². The van der Waals surface area contributed by atoms with Crippen molar-refractivity contribution >= 4 is 11.7 Å². The lowest BCUT2D eigenvalue weighted by Gasteiger charge is -2.39. The highest BCUT2D eigenvalue weighted by atomic mass is 16.2. The standard InChI is InChI=1S/C11H19N3O2/c1-12-3-4-13(2)9(6-12)7-14-8-10(15)5-11(14)16/h9H,3-8H2,1-2H3. The van der Waals surface area contributed by atoms with Crippen molar-refractivity contribution in [2.75, 3.05) is 46.8 Å². The quantitative estimate of drug-likeness (QED) is 0.567. The second kappa shape index (κ2) is 4.51. The van der Waals surface area contributed by atoms with E-state index in [2.05, 4.69) is 23.9 Å². The maximum Gasteiger partial charge on any atom is 0.230 e. The Labute approximate surface area is 96.0 Å². The first-order chi connectivity index (χ1) is 7.56. The summed E-state index contributed by atoms with van der Waals surface area (Å²) in [6, 6.07) is 0.355. The number of carbonyl (C=O) groups excluding carboxylic acids is 2. The molecule has 0 bridgehead atoms. The molecule has 5 heteroatoms. The zero-order chi connectivity index (χ0) is 11.7. The first-order valence-electron chi connectivity index (χ1n) is 5.74. The number of rotatable bonds is 2. The molecule has 0 N–H and O–H groups in total. The molecule has 2 aliphatic heterocycles. The highest BCUT2D eigenvalue weighted by Gasteiger charge is 2.31. The van der Waals surface area contributed by atoms with Crippen LogP contribution in [0, 0.1) is 0 Å². The Morgan fingerprint density at radius 3 is 2.62 bits per heavy atom. The molecule has 2 fully saturated rings. The van der Waals surface area contributed by atoms with Gasteiger partial charge in [-0.3, -0.25) is 14.5 Å². The predicted molar refractivity (Wildman–Crippen MR) is 60.1 cm³/mol. The molecule has 1 amide bonds. The number of piperazine rings is 1. The number of Topliss-reactive ketones (excluding diaryl/α,β-unsaturated/α-hetero) is 1. The Kier molecular flexibility index (Phi) is 3.25. The summed E-state index contributed by atoms with van der Waals surface area (Å²) < 4.78 is 0. The van der Waals surface area contributed by atoms with Crippen molar-refractivity contribution in [3.05, 3.63) is 0 Å². The van der Waals surface area contributed by atoms with Crippen molar-refractivity contribution in [3.8, 4) is 0 Å².